The van der Waals surface area contributed by atoms with Gasteiger partial charge < -0.3 is 19.8 Å². The smallest absolute Gasteiger partial charge is 0.343 e. The van der Waals surface area contributed by atoms with Gasteiger partial charge in [-0.15, -0.1) is 0 Å². The van der Waals surface area contributed by atoms with Crippen LogP contribution in [-0.4, -0.2) is 36.4 Å². The molecule has 3 aromatic carbocycles. The highest BCUT2D eigenvalue weighted by Gasteiger charge is 2.23. The van der Waals surface area contributed by atoms with E-state index in [1.807, 2.05) is 47.9 Å². The second kappa shape index (κ2) is 10.6. The molecule has 1 amide bonds. The Morgan fingerprint density at radius 2 is 1.82 bits per heavy atom. The van der Waals surface area contributed by atoms with Crippen molar-refractivity contribution < 1.29 is 28.2 Å². The van der Waals surface area contributed by atoms with Crippen LogP contribution >= 0.6 is 0 Å². The van der Waals surface area contributed by atoms with Crippen molar-refractivity contribution in [3.8, 4) is 5.75 Å². The summed E-state index contributed by atoms with van der Waals surface area (Å²) in [5.74, 6) is -0.476. The summed E-state index contributed by atoms with van der Waals surface area (Å²) < 4.78 is 26.4. The van der Waals surface area contributed by atoms with Crippen LogP contribution < -0.4 is 10.5 Å². The van der Waals surface area contributed by atoms with Crippen molar-refractivity contribution >= 4 is 39.8 Å². The number of esters is 1. The third-order valence-electron chi connectivity index (χ3n) is 5.43. The van der Waals surface area contributed by atoms with E-state index in [0.29, 0.717) is 23.2 Å². The lowest BCUT2D eigenvalue weighted by atomic mass is 10.0. The van der Waals surface area contributed by atoms with Crippen LogP contribution in [0.15, 0.2) is 54.6 Å². The van der Waals surface area contributed by atoms with Gasteiger partial charge in [-0.05, 0) is 43.0 Å². The number of ether oxygens (including phenoxy) is 2. The molecule has 0 bridgehead atoms. The lowest BCUT2D eigenvalue weighted by molar-refractivity contribution is -0.142. The third kappa shape index (κ3) is 4.91. The number of rotatable bonds is 6. The van der Waals surface area contributed by atoms with Crippen LogP contribution in [0.25, 0.3) is 21.7 Å². The Morgan fingerprint density at radius 1 is 1.12 bits per heavy atom. The Kier molecular flexibility index (Phi) is 7.63. The number of ketones is 1. The van der Waals surface area contributed by atoms with E-state index in [-0.39, 0.29) is 24.6 Å². The van der Waals surface area contributed by atoms with E-state index in [2.05, 4.69) is 5.73 Å². The van der Waals surface area contributed by atoms with Gasteiger partial charge in [0, 0.05) is 23.2 Å². The molecule has 0 atom stereocenters. The summed E-state index contributed by atoms with van der Waals surface area (Å²) in [6.45, 7) is 3.49. The summed E-state index contributed by atoms with van der Waals surface area (Å²) in [6, 6.07) is 16.0. The average Bonchev–Trinajstić information content (AvgIpc) is 3.08. The summed E-state index contributed by atoms with van der Waals surface area (Å²) in [6.07, 6.45) is 0.250. The third-order valence-corrected chi connectivity index (χ3v) is 5.43. The second-order valence-corrected chi connectivity index (χ2v) is 7.55. The van der Waals surface area contributed by atoms with Gasteiger partial charge in [0.1, 0.15) is 11.6 Å². The SMILES string of the molecule is COC(=O)COc1c2ccccc2cc2c1c(C(C)=O)c(C)n2Cc1cccc(F)c1.NC=O. The molecule has 4 aromatic rings. The highest BCUT2D eigenvalue weighted by Crippen LogP contribution is 2.40. The van der Waals surface area contributed by atoms with Crippen molar-refractivity contribution in [2.75, 3.05) is 13.7 Å². The van der Waals surface area contributed by atoms with Crippen molar-refractivity contribution in [2.45, 2.75) is 20.4 Å². The first kappa shape index (κ1) is 24.4. The molecule has 0 saturated carbocycles. The normalized spacial score (nSPS) is 10.5. The molecule has 0 spiro atoms. The summed E-state index contributed by atoms with van der Waals surface area (Å²) in [5.41, 5.74) is 7.01. The lowest BCUT2D eigenvalue weighted by Gasteiger charge is -2.13. The molecule has 7 nitrogen and oxygen atoms in total. The molecule has 8 heteroatoms. The molecule has 2 N–H and O–H groups in total. The fraction of sp³-hybridized carbons (Fsp3) is 0.192. The molecule has 34 heavy (non-hydrogen) atoms. The monoisotopic (exact) mass is 464 g/mol. The first-order valence-corrected chi connectivity index (χ1v) is 10.5. The predicted octanol–water partition coefficient (Wildman–Crippen LogP) is 4.15. The lowest BCUT2D eigenvalue weighted by Crippen LogP contribution is -2.13. The standard InChI is InChI=1S/C25H22FNO4.CH3NO/c1-15-23(16(2)28)24-21(27(15)13-17-7-6-9-19(26)11-17)12-18-8-4-5-10-20(18)25(24)31-14-22(29)30-3;2-1-3/h4-12H,13-14H2,1-3H3;1H,(H2,2,3). The van der Waals surface area contributed by atoms with Gasteiger partial charge >= 0.3 is 5.97 Å². The van der Waals surface area contributed by atoms with Crippen LogP contribution in [0.4, 0.5) is 4.39 Å². The molecule has 0 radical (unpaired) electrons. The zero-order valence-electron chi connectivity index (χ0n) is 19.1. The molecular weight excluding hydrogens is 439 g/mol. The number of amides is 1. The van der Waals surface area contributed by atoms with Crippen LogP contribution in [0.5, 0.6) is 5.75 Å². The van der Waals surface area contributed by atoms with Crippen LogP contribution in [0, 0.1) is 12.7 Å². The Labute approximate surface area is 195 Å². The number of hydrogen-bond donors (Lipinski definition) is 1. The number of aromatic nitrogens is 1. The van der Waals surface area contributed by atoms with Crippen LogP contribution in [0.2, 0.25) is 0 Å². The largest absolute Gasteiger partial charge is 0.481 e. The van der Waals surface area contributed by atoms with Crippen molar-refractivity contribution in [3.05, 3.63) is 77.2 Å². The minimum atomic E-state index is -0.513. The summed E-state index contributed by atoms with van der Waals surface area (Å²) >= 11 is 0. The molecule has 1 heterocycles. The van der Waals surface area contributed by atoms with Gasteiger partial charge in [-0.2, -0.15) is 0 Å². The number of hydrogen-bond acceptors (Lipinski definition) is 5. The van der Waals surface area contributed by atoms with Crippen molar-refractivity contribution in [1.82, 2.24) is 4.57 Å². The predicted molar refractivity (Wildman–Crippen MR) is 127 cm³/mol. The topological polar surface area (TPSA) is 101 Å². The van der Waals surface area contributed by atoms with Gasteiger partial charge in [0.15, 0.2) is 12.4 Å². The molecule has 0 unspecified atom stereocenters. The number of methoxy groups -OCH3 is 1. The van der Waals surface area contributed by atoms with Crippen LogP contribution in [0.1, 0.15) is 28.5 Å². The molecule has 1 aromatic heterocycles. The Balaban J connectivity index is 0.00000103. The van der Waals surface area contributed by atoms with E-state index in [0.717, 1.165) is 27.5 Å². The Morgan fingerprint density at radius 3 is 2.47 bits per heavy atom. The first-order valence-electron chi connectivity index (χ1n) is 10.5. The molecule has 4 rings (SSSR count). The van der Waals surface area contributed by atoms with Gasteiger partial charge in [0.2, 0.25) is 6.41 Å². The van der Waals surface area contributed by atoms with Gasteiger partial charge in [0.05, 0.1) is 18.0 Å². The number of nitrogens with zero attached hydrogens (tertiary/aromatic N) is 1. The van der Waals surface area contributed by atoms with Crippen LogP contribution in [-0.2, 0) is 20.9 Å². The molecule has 176 valence electrons. The molecule has 0 aliphatic carbocycles. The Bertz CT molecular complexity index is 1380. The molecular formula is C26H25FN2O5. The second-order valence-electron chi connectivity index (χ2n) is 7.55. The molecule has 0 aliphatic heterocycles. The number of Topliss-reactive ketones (excluding diaryl/α,β-unsaturated/α-hetero) is 1. The average molecular weight is 464 g/mol. The maximum atomic E-state index is 13.8. The zero-order chi connectivity index (χ0) is 24.8. The zero-order valence-corrected chi connectivity index (χ0v) is 19.1. The maximum absolute atomic E-state index is 13.8. The number of benzene rings is 3. The van der Waals surface area contributed by atoms with Gasteiger partial charge in [0.25, 0.3) is 0 Å². The maximum Gasteiger partial charge on any atom is 0.343 e. The van der Waals surface area contributed by atoms with Crippen molar-refractivity contribution in [3.63, 3.8) is 0 Å². The van der Waals surface area contributed by atoms with Gasteiger partial charge in [-0.1, -0.05) is 36.4 Å². The number of nitrogens with two attached hydrogens (primary N) is 1. The van der Waals surface area contributed by atoms with E-state index >= 15 is 0 Å². The first-order chi connectivity index (χ1) is 16.3. The molecule has 0 aliphatic rings. The quantitative estimate of drug-likeness (QED) is 0.263. The van der Waals surface area contributed by atoms with E-state index in [9.17, 15) is 14.0 Å². The van der Waals surface area contributed by atoms with E-state index in [4.69, 9.17) is 14.3 Å². The number of carbonyl (C=O) groups excluding carboxylic acids is 3. The number of halogens is 1. The van der Waals surface area contributed by atoms with Crippen molar-refractivity contribution in [1.29, 1.82) is 0 Å². The minimum Gasteiger partial charge on any atom is -0.481 e. The summed E-state index contributed by atoms with van der Waals surface area (Å²) in [7, 11) is 1.30. The molecule has 0 fully saturated rings. The van der Waals surface area contributed by atoms with Crippen molar-refractivity contribution in [2.24, 2.45) is 5.73 Å². The van der Waals surface area contributed by atoms with E-state index < -0.39 is 5.97 Å². The minimum absolute atomic E-state index is 0.112. The van der Waals surface area contributed by atoms with Gasteiger partial charge in [-0.3, -0.25) is 9.59 Å². The number of carbonyl (C=O) groups is 3. The summed E-state index contributed by atoms with van der Waals surface area (Å²) in [5, 5.41) is 2.34. The highest BCUT2D eigenvalue weighted by atomic mass is 19.1. The highest BCUT2D eigenvalue weighted by molar-refractivity contribution is 6.15. The van der Waals surface area contributed by atoms with Gasteiger partial charge in [-0.25, -0.2) is 9.18 Å². The Hall–Kier alpha value is -4.20. The number of fused-ring (bicyclic) bond motifs is 2. The van der Waals surface area contributed by atoms with E-state index in [1.54, 1.807) is 6.07 Å². The molecule has 0 saturated heterocycles. The van der Waals surface area contributed by atoms with Crippen LogP contribution in [0.3, 0.4) is 0 Å². The fourth-order valence-electron chi connectivity index (χ4n) is 4.04. The van der Waals surface area contributed by atoms with E-state index in [1.165, 1.54) is 26.2 Å². The number of primary amides is 1. The fourth-order valence-corrected chi connectivity index (χ4v) is 4.04. The summed E-state index contributed by atoms with van der Waals surface area (Å²) in [4.78, 5) is 33.0.